The van der Waals surface area contributed by atoms with Crippen molar-refractivity contribution in [3.63, 3.8) is 0 Å². The van der Waals surface area contributed by atoms with Crippen LogP contribution in [0.3, 0.4) is 0 Å². The zero-order valence-corrected chi connectivity index (χ0v) is 18.3. The number of alkyl halides is 3. The molecular formula is C19H26F3N5O3S. The van der Waals surface area contributed by atoms with Crippen LogP contribution in [0, 0.1) is 5.92 Å². The molecule has 1 saturated carbocycles. The SMILES string of the molecule is CC(C)(C)S(=O)(=O)NCC1CCC(Nc2nc(-c3ccc(C(F)(F)F)nc3)no2)CC1. The number of anilines is 1. The Morgan fingerprint density at radius 3 is 2.35 bits per heavy atom. The molecule has 12 heteroatoms. The first-order valence-corrected chi connectivity index (χ1v) is 11.5. The summed E-state index contributed by atoms with van der Waals surface area (Å²) < 4.78 is 69.2. The average Bonchev–Trinajstić information content (AvgIpc) is 3.14. The first-order chi connectivity index (χ1) is 14.3. The summed E-state index contributed by atoms with van der Waals surface area (Å²) in [6, 6.07) is 2.39. The van der Waals surface area contributed by atoms with Crippen LogP contribution in [0.4, 0.5) is 19.2 Å². The van der Waals surface area contributed by atoms with Crippen LogP contribution in [-0.4, -0.2) is 40.9 Å². The third kappa shape index (κ3) is 5.94. The molecule has 8 nitrogen and oxygen atoms in total. The molecule has 0 bridgehead atoms. The molecule has 2 aromatic heterocycles. The van der Waals surface area contributed by atoms with Crippen LogP contribution < -0.4 is 10.0 Å². The highest BCUT2D eigenvalue weighted by molar-refractivity contribution is 7.90. The molecule has 1 aliphatic carbocycles. The van der Waals surface area contributed by atoms with Gasteiger partial charge < -0.3 is 9.84 Å². The quantitative estimate of drug-likeness (QED) is 0.673. The fourth-order valence-electron chi connectivity index (χ4n) is 3.22. The van der Waals surface area contributed by atoms with E-state index < -0.39 is 26.6 Å². The number of aromatic nitrogens is 3. The molecule has 0 saturated heterocycles. The number of nitrogens with one attached hydrogen (secondary N) is 2. The van der Waals surface area contributed by atoms with Crippen molar-refractivity contribution in [1.29, 1.82) is 0 Å². The summed E-state index contributed by atoms with van der Waals surface area (Å²) in [7, 11) is -3.36. The van der Waals surface area contributed by atoms with Crippen molar-refractivity contribution in [2.45, 2.75) is 63.4 Å². The van der Waals surface area contributed by atoms with Crippen molar-refractivity contribution in [1.82, 2.24) is 19.8 Å². The van der Waals surface area contributed by atoms with Crippen LogP contribution in [0.15, 0.2) is 22.9 Å². The number of hydrogen-bond donors (Lipinski definition) is 2. The minimum absolute atomic E-state index is 0.0921. The first kappa shape index (κ1) is 23.5. The largest absolute Gasteiger partial charge is 0.433 e. The Bertz CT molecular complexity index is 976. The number of hydrogen-bond acceptors (Lipinski definition) is 7. The summed E-state index contributed by atoms with van der Waals surface area (Å²) in [4.78, 5) is 7.57. The number of rotatable bonds is 6. The van der Waals surface area contributed by atoms with Crippen LogP contribution in [0.2, 0.25) is 0 Å². The molecule has 0 aliphatic heterocycles. The van der Waals surface area contributed by atoms with Gasteiger partial charge in [-0.05, 0) is 64.5 Å². The van der Waals surface area contributed by atoms with Gasteiger partial charge in [0.2, 0.25) is 15.8 Å². The third-order valence-corrected chi connectivity index (χ3v) is 7.44. The highest BCUT2D eigenvalue weighted by Gasteiger charge is 2.32. The van der Waals surface area contributed by atoms with Gasteiger partial charge >= 0.3 is 12.2 Å². The van der Waals surface area contributed by atoms with Crippen molar-refractivity contribution in [3.8, 4) is 11.4 Å². The van der Waals surface area contributed by atoms with E-state index in [-0.39, 0.29) is 23.8 Å². The second kappa shape index (κ2) is 8.73. The molecule has 2 N–H and O–H groups in total. The van der Waals surface area contributed by atoms with E-state index >= 15 is 0 Å². The Morgan fingerprint density at radius 2 is 1.81 bits per heavy atom. The first-order valence-electron chi connectivity index (χ1n) is 9.98. The zero-order chi connectivity index (χ0) is 22.9. The van der Waals surface area contributed by atoms with Gasteiger partial charge in [0.05, 0.1) is 4.75 Å². The molecule has 0 spiro atoms. The van der Waals surface area contributed by atoms with Crippen LogP contribution in [0.25, 0.3) is 11.4 Å². The van der Waals surface area contributed by atoms with E-state index in [0.717, 1.165) is 37.9 Å². The molecule has 1 aliphatic rings. The smallest absolute Gasteiger partial charge is 0.335 e. The van der Waals surface area contributed by atoms with E-state index in [9.17, 15) is 21.6 Å². The molecule has 31 heavy (non-hydrogen) atoms. The zero-order valence-electron chi connectivity index (χ0n) is 17.5. The highest BCUT2D eigenvalue weighted by Crippen LogP contribution is 2.29. The van der Waals surface area contributed by atoms with E-state index in [4.69, 9.17) is 4.52 Å². The maximum atomic E-state index is 12.6. The van der Waals surface area contributed by atoms with Gasteiger partial charge in [-0.3, -0.25) is 4.98 Å². The monoisotopic (exact) mass is 461 g/mol. The summed E-state index contributed by atoms with van der Waals surface area (Å²) in [5.74, 6) is 0.403. The van der Waals surface area contributed by atoms with Gasteiger partial charge in [0.15, 0.2) is 0 Å². The number of pyridine rings is 1. The summed E-state index contributed by atoms with van der Waals surface area (Å²) in [5, 5.41) is 6.94. The van der Waals surface area contributed by atoms with Crippen LogP contribution in [0.5, 0.6) is 0 Å². The summed E-state index contributed by atoms with van der Waals surface area (Å²) in [6.45, 7) is 5.40. The molecule has 0 unspecified atom stereocenters. The number of nitrogens with zero attached hydrogens (tertiary/aromatic N) is 3. The molecular weight excluding hydrogens is 435 g/mol. The predicted molar refractivity (Wildman–Crippen MR) is 109 cm³/mol. The van der Waals surface area contributed by atoms with Gasteiger partial charge in [-0.2, -0.15) is 18.2 Å². The lowest BCUT2D eigenvalue weighted by Crippen LogP contribution is -2.42. The molecule has 0 aromatic carbocycles. The third-order valence-electron chi connectivity index (χ3n) is 5.28. The van der Waals surface area contributed by atoms with E-state index in [1.807, 2.05) is 0 Å². The second-order valence-electron chi connectivity index (χ2n) is 8.68. The van der Waals surface area contributed by atoms with Gasteiger partial charge in [-0.15, -0.1) is 0 Å². The lowest BCUT2D eigenvalue weighted by molar-refractivity contribution is -0.141. The Morgan fingerprint density at radius 1 is 1.13 bits per heavy atom. The Labute approximate surface area is 179 Å². The molecule has 2 heterocycles. The van der Waals surface area contributed by atoms with Crippen LogP contribution >= 0.6 is 0 Å². The van der Waals surface area contributed by atoms with Crippen molar-refractivity contribution in [3.05, 3.63) is 24.0 Å². The fraction of sp³-hybridized carbons (Fsp3) is 0.632. The topological polar surface area (TPSA) is 110 Å². The van der Waals surface area contributed by atoms with Gasteiger partial charge in [-0.1, -0.05) is 5.16 Å². The summed E-state index contributed by atoms with van der Waals surface area (Å²) in [6.07, 6.45) is -0.152. The lowest BCUT2D eigenvalue weighted by atomic mass is 9.86. The minimum atomic E-state index is -4.51. The summed E-state index contributed by atoms with van der Waals surface area (Å²) in [5.41, 5.74) is -0.667. The summed E-state index contributed by atoms with van der Waals surface area (Å²) >= 11 is 0. The molecule has 0 amide bonds. The molecule has 1 fully saturated rings. The van der Waals surface area contributed by atoms with E-state index in [0.29, 0.717) is 12.1 Å². The van der Waals surface area contributed by atoms with Crippen molar-refractivity contribution < 1.29 is 26.1 Å². The predicted octanol–water partition coefficient (Wildman–Crippen LogP) is 3.84. The molecule has 0 radical (unpaired) electrons. The Balaban J connectivity index is 1.50. The molecule has 2 aromatic rings. The highest BCUT2D eigenvalue weighted by atomic mass is 32.2. The van der Waals surface area contributed by atoms with E-state index in [1.165, 1.54) is 6.07 Å². The number of sulfonamides is 1. The van der Waals surface area contributed by atoms with E-state index in [2.05, 4.69) is 25.2 Å². The van der Waals surface area contributed by atoms with Crippen molar-refractivity contribution >= 4 is 16.0 Å². The Kier molecular flexibility index (Phi) is 6.61. The normalized spacial score (nSPS) is 20.6. The van der Waals surface area contributed by atoms with E-state index in [1.54, 1.807) is 20.8 Å². The fourth-order valence-corrected chi connectivity index (χ4v) is 4.11. The minimum Gasteiger partial charge on any atom is -0.335 e. The van der Waals surface area contributed by atoms with Crippen molar-refractivity contribution in [2.75, 3.05) is 11.9 Å². The van der Waals surface area contributed by atoms with Gasteiger partial charge in [-0.25, -0.2) is 13.1 Å². The second-order valence-corrected chi connectivity index (χ2v) is 11.2. The van der Waals surface area contributed by atoms with Gasteiger partial charge in [0.1, 0.15) is 5.69 Å². The Hall–Kier alpha value is -2.21. The maximum Gasteiger partial charge on any atom is 0.433 e. The van der Waals surface area contributed by atoms with Crippen LogP contribution in [-0.2, 0) is 16.2 Å². The van der Waals surface area contributed by atoms with Crippen LogP contribution in [0.1, 0.15) is 52.1 Å². The lowest BCUT2D eigenvalue weighted by Gasteiger charge is -2.29. The van der Waals surface area contributed by atoms with Gasteiger partial charge in [0, 0.05) is 24.3 Å². The number of halogens is 3. The van der Waals surface area contributed by atoms with Gasteiger partial charge in [0.25, 0.3) is 0 Å². The standard InChI is InChI=1S/C19H26F3N5O3S/c1-18(2,3)31(28,29)24-10-12-4-7-14(8-5-12)25-17-26-16(27-30-17)13-6-9-15(23-11-13)19(20,21)22/h6,9,11-12,14,24H,4-5,7-8,10H2,1-3H3,(H,25,26,27). The molecule has 172 valence electrons. The molecule has 3 rings (SSSR count). The maximum absolute atomic E-state index is 12.6. The van der Waals surface area contributed by atoms with Crippen molar-refractivity contribution in [2.24, 2.45) is 5.92 Å². The molecule has 0 atom stereocenters. The average molecular weight is 462 g/mol.